The van der Waals surface area contributed by atoms with Gasteiger partial charge in [0.05, 0.1) is 19.3 Å². The maximum Gasteiger partial charge on any atom is 0.387 e. The van der Waals surface area contributed by atoms with Crippen LogP contribution >= 0.6 is 0 Å². The van der Waals surface area contributed by atoms with Crippen molar-refractivity contribution in [3.63, 3.8) is 0 Å². The van der Waals surface area contributed by atoms with Crippen LogP contribution in [0.3, 0.4) is 0 Å². The molecule has 1 heterocycles. The third-order valence-electron chi connectivity index (χ3n) is 2.84. The van der Waals surface area contributed by atoms with Crippen LogP contribution in [0.4, 0.5) is 8.78 Å². The van der Waals surface area contributed by atoms with Gasteiger partial charge in [0.15, 0.2) is 11.5 Å². The molecule has 8 heteroatoms. The molecule has 118 valence electrons. The number of nitrogens with one attached hydrogen (secondary N) is 1. The molecular formula is C14H15F2N3O3. The summed E-state index contributed by atoms with van der Waals surface area (Å²) in [6, 6.07) is 5.76. The van der Waals surface area contributed by atoms with Gasteiger partial charge in [-0.15, -0.1) is 0 Å². The van der Waals surface area contributed by atoms with Crippen molar-refractivity contribution < 1.29 is 23.0 Å². The maximum absolute atomic E-state index is 12.2. The quantitative estimate of drug-likeness (QED) is 0.885. The molecule has 1 amide bonds. The molecule has 2 rings (SSSR count). The summed E-state index contributed by atoms with van der Waals surface area (Å²) in [6.45, 7) is -2.70. The Morgan fingerprint density at radius 2 is 2.14 bits per heavy atom. The highest BCUT2D eigenvalue weighted by Crippen LogP contribution is 2.29. The van der Waals surface area contributed by atoms with E-state index in [1.807, 2.05) is 0 Å². The lowest BCUT2D eigenvalue weighted by atomic mass is 10.2. The van der Waals surface area contributed by atoms with Crippen molar-refractivity contribution >= 4 is 5.91 Å². The average Bonchev–Trinajstić information content (AvgIpc) is 2.90. The van der Waals surface area contributed by atoms with E-state index in [4.69, 9.17) is 4.74 Å². The number of alkyl halides is 2. The van der Waals surface area contributed by atoms with Gasteiger partial charge in [-0.2, -0.15) is 13.9 Å². The first-order chi connectivity index (χ1) is 10.5. The molecule has 0 unspecified atom stereocenters. The number of ether oxygens (including phenoxy) is 2. The number of halogens is 2. The Morgan fingerprint density at radius 3 is 2.73 bits per heavy atom. The predicted octanol–water partition coefficient (Wildman–Crippen LogP) is 1.96. The lowest BCUT2D eigenvalue weighted by Gasteiger charge is -2.11. The molecule has 1 aromatic carbocycles. The van der Waals surface area contributed by atoms with Crippen LogP contribution in [-0.4, -0.2) is 29.4 Å². The number of aryl methyl sites for hydroxylation is 1. The Morgan fingerprint density at radius 1 is 1.36 bits per heavy atom. The van der Waals surface area contributed by atoms with Gasteiger partial charge < -0.3 is 14.8 Å². The molecule has 22 heavy (non-hydrogen) atoms. The second-order valence-corrected chi connectivity index (χ2v) is 4.41. The molecule has 0 aliphatic heterocycles. The fourth-order valence-electron chi connectivity index (χ4n) is 1.83. The van der Waals surface area contributed by atoms with Gasteiger partial charge in [0, 0.05) is 18.8 Å². The highest BCUT2D eigenvalue weighted by Gasteiger charge is 2.14. The van der Waals surface area contributed by atoms with Crippen molar-refractivity contribution in [1.29, 1.82) is 0 Å². The van der Waals surface area contributed by atoms with Crippen LogP contribution in [0.15, 0.2) is 30.5 Å². The molecule has 1 N–H and O–H groups in total. The Balaban J connectivity index is 2.06. The van der Waals surface area contributed by atoms with Gasteiger partial charge in [0.25, 0.3) is 5.91 Å². The van der Waals surface area contributed by atoms with E-state index < -0.39 is 6.61 Å². The molecule has 0 atom stereocenters. The second kappa shape index (κ2) is 6.88. The van der Waals surface area contributed by atoms with Crippen LogP contribution in [0.1, 0.15) is 16.1 Å². The number of amides is 1. The lowest BCUT2D eigenvalue weighted by Crippen LogP contribution is -2.23. The van der Waals surface area contributed by atoms with Crippen molar-refractivity contribution in [3.05, 3.63) is 41.7 Å². The number of hydrogen-bond acceptors (Lipinski definition) is 4. The number of nitrogens with zero attached hydrogens (tertiary/aromatic N) is 2. The van der Waals surface area contributed by atoms with Crippen molar-refractivity contribution in [1.82, 2.24) is 15.1 Å². The summed E-state index contributed by atoms with van der Waals surface area (Å²) in [5.41, 5.74) is 0.981. The number of hydrogen-bond donors (Lipinski definition) is 1. The van der Waals surface area contributed by atoms with E-state index in [1.165, 1.54) is 25.3 Å². The summed E-state index contributed by atoms with van der Waals surface area (Å²) >= 11 is 0. The van der Waals surface area contributed by atoms with Crippen molar-refractivity contribution in [2.75, 3.05) is 7.11 Å². The minimum atomic E-state index is -2.96. The topological polar surface area (TPSA) is 65.4 Å². The van der Waals surface area contributed by atoms with E-state index in [2.05, 4.69) is 15.2 Å². The number of methoxy groups -OCH3 is 1. The molecule has 6 nitrogen and oxygen atoms in total. The zero-order valence-corrected chi connectivity index (χ0v) is 12.0. The fraction of sp³-hybridized carbons (Fsp3) is 0.286. The summed E-state index contributed by atoms with van der Waals surface area (Å²) in [6.07, 6.45) is 1.76. The Hall–Kier alpha value is -2.64. The molecule has 0 fully saturated rings. The highest BCUT2D eigenvalue weighted by molar-refractivity contribution is 5.94. The molecule has 0 aliphatic rings. The first-order valence-corrected chi connectivity index (χ1v) is 6.39. The lowest BCUT2D eigenvalue weighted by molar-refractivity contribution is -0.0512. The molecule has 2 aromatic rings. The molecular weight excluding hydrogens is 296 g/mol. The second-order valence-electron chi connectivity index (χ2n) is 4.41. The molecule has 0 saturated heterocycles. The van der Waals surface area contributed by atoms with Crippen LogP contribution in [0, 0.1) is 0 Å². The van der Waals surface area contributed by atoms with E-state index in [0.717, 1.165) is 0 Å². The van der Waals surface area contributed by atoms with Crippen LogP contribution < -0.4 is 14.8 Å². The van der Waals surface area contributed by atoms with Crippen LogP contribution in [0.25, 0.3) is 0 Å². The number of rotatable bonds is 6. The smallest absolute Gasteiger partial charge is 0.387 e. The Labute approximate surface area is 125 Å². The number of benzene rings is 1. The number of carbonyl (C=O) groups is 1. The molecule has 0 aliphatic carbocycles. The van der Waals surface area contributed by atoms with E-state index in [-0.39, 0.29) is 29.5 Å². The van der Waals surface area contributed by atoms with Gasteiger partial charge in [0.1, 0.15) is 0 Å². The zero-order valence-electron chi connectivity index (χ0n) is 12.0. The SMILES string of the molecule is COc1cc(C(=O)NCc2ccn(C)n2)ccc1OC(F)F. The van der Waals surface area contributed by atoms with Crippen LogP contribution in [-0.2, 0) is 13.6 Å². The van der Waals surface area contributed by atoms with E-state index >= 15 is 0 Å². The summed E-state index contributed by atoms with van der Waals surface area (Å²) in [5, 5.41) is 6.81. The number of carbonyl (C=O) groups excluding carboxylic acids is 1. The normalized spacial score (nSPS) is 10.6. The maximum atomic E-state index is 12.2. The summed E-state index contributed by atoms with van der Waals surface area (Å²) < 4.78 is 35.4. The summed E-state index contributed by atoms with van der Waals surface area (Å²) in [5.74, 6) is -0.433. The van der Waals surface area contributed by atoms with Crippen molar-refractivity contribution in [2.45, 2.75) is 13.2 Å². The third kappa shape index (κ3) is 3.94. The van der Waals surface area contributed by atoms with Gasteiger partial charge in [-0.25, -0.2) is 0 Å². The molecule has 0 radical (unpaired) electrons. The zero-order chi connectivity index (χ0) is 16.1. The molecule has 0 bridgehead atoms. The van der Waals surface area contributed by atoms with Gasteiger partial charge >= 0.3 is 6.61 Å². The molecule has 1 aromatic heterocycles. The van der Waals surface area contributed by atoms with Gasteiger partial charge in [-0.05, 0) is 24.3 Å². The Bertz CT molecular complexity index is 659. The average molecular weight is 311 g/mol. The Kier molecular flexibility index (Phi) is 4.92. The van der Waals surface area contributed by atoms with Crippen molar-refractivity contribution in [2.24, 2.45) is 7.05 Å². The predicted molar refractivity (Wildman–Crippen MR) is 74.0 cm³/mol. The minimum Gasteiger partial charge on any atom is -0.493 e. The van der Waals surface area contributed by atoms with E-state index in [9.17, 15) is 13.6 Å². The summed E-state index contributed by atoms with van der Waals surface area (Å²) in [4.78, 5) is 12.0. The van der Waals surface area contributed by atoms with Gasteiger partial charge in [-0.1, -0.05) is 0 Å². The first kappa shape index (κ1) is 15.7. The van der Waals surface area contributed by atoms with E-state index in [0.29, 0.717) is 5.69 Å². The van der Waals surface area contributed by atoms with Crippen LogP contribution in [0.2, 0.25) is 0 Å². The third-order valence-corrected chi connectivity index (χ3v) is 2.84. The van der Waals surface area contributed by atoms with E-state index in [1.54, 1.807) is 24.0 Å². The molecule has 0 saturated carbocycles. The number of aromatic nitrogens is 2. The highest BCUT2D eigenvalue weighted by atomic mass is 19.3. The standard InChI is InChI=1S/C14H15F2N3O3/c1-19-6-5-10(18-19)8-17-13(20)9-3-4-11(22-14(15)16)12(7-9)21-2/h3-7,14H,8H2,1-2H3,(H,17,20). The van der Waals surface area contributed by atoms with Gasteiger partial charge in [-0.3, -0.25) is 9.48 Å². The molecule has 0 spiro atoms. The van der Waals surface area contributed by atoms with Gasteiger partial charge in [0.2, 0.25) is 0 Å². The first-order valence-electron chi connectivity index (χ1n) is 6.39. The van der Waals surface area contributed by atoms with Crippen LogP contribution in [0.5, 0.6) is 11.5 Å². The van der Waals surface area contributed by atoms with Crippen molar-refractivity contribution in [3.8, 4) is 11.5 Å². The minimum absolute atomic E-state index is 0.0609. The largest absolute Gasteiger partial charge is 0.493 e. The monoisotopic (exact) mass is 311 g/mol. The fourth-order valence-corrected chi connectivity index (χ4v) is 1.83. The summed E-state index contributed by atoms with van der Waals surface area (Å²) in [7, 11) is 3.08.